The molecule has 0 spiro atoms. The zero-order chi connectivity index (χ0) is 15.2. The zero-order valence-electron chi connectivity index (χ0n) is 13.3. The highest BCUT2D eigenvalue weighted by Crippen LogP contribution is 2.19. The molecule has 1 aliphatic heterocycles. The van der Waals surface area contributed by atoms with Gasteiger partial charge in [0.05, 0.1) is 19.1 Å². The molecule has 2 heterocycles. The fourth-order valence-electron chi connectivity index (χ4n) is 2.76. The minimum Gasteiger partial charge on any atom is -0.466 e. The molecular formula is C15H26N4O2. The Morgan fingerprint density at radius 2 is 2.33 bits per heavy atom. The lowest BCUT2D eigenvalue weighted by atomic mass is 9.98. The van der Waals surface area contributed by atoms with E-state index in [1.54, 1.807) is 6.33 Å². The van der Waals surface area contributed by atoms with Crippen molar-refractivity contribution < 1.29 is 9.53 Å². The first-order valence-corrected chi connectivity index (χ1v) is 7.85. The van der Waals surface area contributed by atoms with Gasteiger partial charge in [0.25, 0.3) is 0 Å². The number of hydrogen-bond donors (Lipinski definition) is 0. The summed E-state index contributed by atoms with van der Waals surface area (Å²) < 4.78 is 7.11. The zero-order valence-corrected chi connectivity index (χ0v) is 13.3. The second kappa shape index (κ2) is 7.54. The van der Waals surface area contributed by atoms with Crippen LogP contribution in [0.5, 0.6) is 0 Å². The SMILES string of the molecule is CCOC(=O)[C@H]1CCCN(Cc2ncnn2CC(C)C)C1. The number of ether oxygens (including phenoxy) is 1. The van der Waals surface area contributed by atoms with Gasteiger partial charge in [0.1, 0.15) is 12.2 Å². The Balaban J connectivity index is 1.93. The Hall–Kier alpha value is -1.43. The lowest BCUT2D eigenvalue weighted by molar-refractivity contribution is -0.150. The van der Waals surface area contributed by atoms with Crippen LogP contribution in [0.25, 0.3) is 0 Å². The van der Waals surface area contributed by atoms with Gasteiger partial charge in [0, 0.05) is 13.1 Å². The van der Waals surface area contributed by atoms with Crippen LogP contribution in [0, 0.1) is 11.8 Å². The molecule has 1 saturated heterocycles. The summed E-state index contributed by atoms with van der Waals surface area (Å²) in [5.41, 5.74) is 0. The Kier molecular flexibility index (Phi) is 5.73. The number of rotatable bonds is 6. The van der Waals surface area contributed by atoms with E-state index in [9.17, 15) is 4.79 Å². The first-order valence-electron chi connectivity index (χ1n) is 7.85. The van der Waals surface area contributed by atoms with Gasteiger partial charge >= 0.3 is 5.97 Å². The largest absolute Gasteiger partial charge is 0.466 e. The number of carbonyl (C=O) groups excluding carboxylic acids is 1. The molecule has 1 atom stereocenters. The van der Waals surface area contributed by atoms with Crippen LogP contribution in [-0.4, -0.2) is 45.3 Å². The molecule has 2 rings (SSSR count). The molecule has 1 fully saturated rings. The number of esters is 1. The number of hydrogen-bond acceptors (Lipinski definition) is 5. The minimum atomic E-state index is -0.0640. The number of carbonyl (C=O) groups is 1. The van der Waals surface area contributed by atoms with Crippen LogP contribution in [0.4, 0.5) is 0 Å². The number of piperidine rings is 1. The maximum absolute atomic E-state index is 11.9. The number of nitrogens with zero attached hydrogens (tertiary/aromatic N) is 4. The molecule has 0 radical (unpaired) electrons. The lowest BCUT2D eigenvalue weighted by Crippen LogP contribution is -2.39. The maximum Gasteiger partial charge on any atom is 0.310 e. The van der Waals surface area contributed by atoms with E-state index in [1.165, 1.54) is 0 Å². The molecule has 0 bridgehead atoms. The summed E-state index contributed by atoms with van der Waals surface area (Å²) in [5, 5.41) is 4.29. The summed E-state index contributed by atoms with van der Waals surface area (Å²) in [6.07, 6.45) is 3.57. The molecule has 118 valence electrons. The van der Waals surface area contributed by atoms with Gasteiger partial charge in [-0.25, -0.2) is 9.67 Å². The number of aromatic nitrogens is 3. The van der Waals surface area contributed by atoms with Crippen LogP contribution in [-0.2, 0) is 22.6 Å². The first-order chi connectivity index (χ1) is 10.1. The molecule has 6 heteroatoms. The van der Waals surface area contributed by atoms with Crippen molar-refractivity contribution in [1.29, 1.82) is 0 Å². The van der Waals surface area contributed by atoms with Crippen molar-refractivity contribution in [3.63, 3.8) is 0 Å². The van der Waals surface area contributed by atoms with Crippen molar-refractivity contribution >= 4 is 5.97 Å². The second-order valence-electron chi connectivity index (χ2n) is 6.08. The van der Waals surface area contributed by atoms with Crippen molar-refractivity contribution in [2.75, 3.05) is 19.7 Å². The van der Waals surface area contributed by atoms with Crippen LogP contribution >= 0.6 is 0 Å². The van der Waals surface area contributed by atoms with Crippen molar-refractivity contribution in [3.8, 4) is 0 Å². The predicted octanol–water partition coefficient (Wildman–Crippen LogP) is 1.71. The molecule has 1 aromatic rings. The van der Waals surface area contributed by atoms with Gasteiger partial charge < -0.3 is 4.74 Å². The summed E-state index contributed by atoms with van der Waals surface area (Å²) >= 11 is 0. The van der Waals surface area contributed by atoms with Gasteiger partial charge in [-0.3, -0.25) is 9.69 Å². The summed E-state index contributed by atoms with van der Waals surface area (Å²) in [5.74, 6) is 1.46. The smallest absolute Gasteiger partial charge is 0.310 e. The topological polar surface area (TPSA) is 60.2 Å². The first kappa shape index (κ1) is 15.9. The second-order valence-corrected chi connectivity index (χ2v) is 6.08. The minimum absolute atomic E-state index is 0.000158. The van der Waals surface area contributed by atoms with E-state index in [2.05, 4.69) is 28.8 Å². The van der Waals surface area contributed by atoms with E-state index >= 15 is 0 Å². The highest BCUT2D eigenvalue weighted by Gasteiger charge is 2.27. The van der Waals surface area contributed by atoms with Crippen molar-refractivity contribution in [2.24, 2.45) is 11.8 Å². The Bertz CT molecular complexity index is 458. The van der Waals surface area contributed by atoms with Crippen molar-refractivity contribution in [3.05, 3.63) is 12.2 Å². The molecule has 0 aromatic carbocycles. The summed E-state index contributed by atoms with van der Waals surface area (Å²) in [4.78, 5) is 18.5. The highest BCUT2D eigenvalue weighted by molar-refractivity contribution is 5.72. The average Bonchev–Trinajstić information content (AvgIpc) is 2.86. The Morgan fingerprint density at radius 3 is 3.05 bits per heavy atom. The summed E-state index contributed by atoms with van der Waals surface area (Å²) in [6, 6.07) is 0. The van der Waals surface area contributed by atoms with Crippen molar-refractivity contribution in [2.45, 2.75) is 46.7 Å². The maximum atomic E-state index is 11.9. The molecule has 1 aliphatic rings. The monoisotopic (exact) mass is 294 g/mol. The highest BCUT2D eigenvalue weighted by atomic mass is 16.5. The van der Waals surface area contributed by atoms with E-state index in [0.717, 1.165) is 44.8 Å². The molecule has 0 saturated carbocycles. The molecule has 0 unspecified atom stereocenters. The summed E-state index contributed by atoms with van der Waals surface area (Å²) in [6.45, 7) is 10.0. The van der Waals surface area contributed by atoms with Crippen LogP contribution in [0.1, 0.15) is 39.4 Å². The van der Waals surface area contributed by atoms with Crippen molar-refractivity contribution in [1.82, 2.24) is 19.7 Å². The predicted molar refractivity (Wildman–Crippen MR) is 79.5 cm³/mol. The van der Waals surface area contributed by atoms with E-state index in [4.69, 9.17) is 4.74 Å². The number of likely N-dealkylation sites (tertiary alicyclic amines) is 1. The van der Waals surface area contributed by atoms with Crippen LogP contribution in [0.3, 0.4) is 0 Å². The van der Waals surface area contributed by atoms with Gasteiger partial charge in [0.15, 0.2) is 0 Å². The van der Waals surface area contributed by atoms with Gasteiger partial charge in [0.2, 0.25) is 0 Å². The van der Waals surface area contributed by atoms with Gasteiger partial charge in [-0.15, -0.1) is 0 Å². The van der Waals surface area contributed by atoms with Gasteiger partial charge in [-0.2, -0.15) is 5.10 Å². The molecule has 0 N–H and O–H groups in total. The summed E-state index contributed by atoms with van der Waals surface area (Å²) in [7, 11) is 0. The molecule has 21 heavy (non-hydrogen) atoms. The third kappa shape index (κ3) is 4.52. The third-order valence-electron chi connectivity index (χ3n) is 3.72. The third-order valence-corrected chi connectivity index (χ3v) is 3.72. The van der Waals surface area contributed by atoms with E-state index < -0.39 is 0 Å². The average molecular weight is 294 g/mol. The van der Waals surface area contributed by atoms with Gasteiger partial charge in [-0.1, -0.05) is 13.8 Å². The molecule has 6 nitrogen and oxygen atoms in total. The van der Waals surface area contributed by atoms with Crippen LogP contribution in [0.15, 0.2) is 6.33 Å². The van der Waals surface area contributed by atoms with E-state index in [1.807, 2.05) is 11.6 Å². The Labute approximate surface area is 126 Å². The lowest BCUT2D eigenvalue weighted by Gasteiger charge is -2.31. The normalized spacial score (nSPS) is 19.9. The fourth-order valence-corrected chi connectivity index (χ4v) is 2.76. The Morgan fingerprint density at radius 1 is 1.52 bits per heavy atom. The van der Waals surface area contributed by atoms with E-state index in [-0.39, 0.29) is 11.9 Å². The standard InChI is InChI=1S/C15H26N4O2/c1-4-21-15(20)13-6-5-7-18(9-13)10-14-16-11-17-19(14)8-12(2)3/h11-13H,4-10H2,1-3H3/t13-/m0/s1. The molecule has 0 amide bonds. The molecular weight excluding hydrogens is 268 g/mol. The fraction of sp³-hybridized carbons (Fsp3) is 0.800. The van der Waals surface area contributed by atoms with Crippen LogP contribution in [0.2, 0.25) is 0 Å². The van der Waals surface area contributed by atoms with E-state index in [0.29, 0.717) is 12.5 Å². The molecule has 1 aromatic heterocycles. The van der Waals surface area contributed by atoms with Crippen LogP contribution < -0.4 is 0 Å². The van der Waals surface area contributed by atoms with Gasteiger partial charge in [-0.05, 0) is 32.2 Å². The quantitative estimate of drug-likeness (QED) is 0.748. The molecule has 0 aliphatic carbocycles.